The Bertz CT molecular complexity index is 281. The van der Waals surface area contributed by atoms with E-state index in [-0.39, 0.29) is 17.7 Å². The molecule has 3 nitrogen and oxygen atoms in total. The Morgan fingerprint density at radius 2 is 2.43 bits per heavy atom. The van der Waals surface area contributed by atoms with Crippen LogP contribution >= 0.6 is 0 Å². The number of ether oxygens (including phenoxy) is 1. The predicted octanol–water partition coefficient (Wildman–Crippen LogP) is 2.06. The van der Waals surface area contributed by atoms with Gasteiger partial charge in [0.2, 0.25) is 0 Å². The molecule has 1 heterocycles. The summed E-state index contributed by atoms with van der Waals surface area (Å²) in [7, 11) is 0. The molecule has 0 saturated carbocycles. The van der Waals surface area contributed by atoms with E-state index in [0.29, 0.717) is 13.2 Å². The van der Waals surface area contributed by atoms with Crippen LogP contribution in [0.4, 0.5) is 10.2 Å². The van der Waals surface area contributed by atoms with Crippen molar-refractivity contribution in [3.8, 4) is 0 Å². The van der Waals surface area contributed by atoms with Gasteiger partial charge in [-0.25, -0.2) is 9.37 Å². The fourth-order valence-corrected chi connectivity index (χ4v) is 1.06. The number of nitrogens with zero attached hydrogens (tertiary/aromatic N) is 1. The topological polar surface area (TPSA) is 34.1 Å². The second-order valence-electron chi connectivity index (χ2n) is 3.04. The molecule has 0 bridgehead atoms. The number of nitrogens with one attached hydrogen (secondary N) is 1. The van der Waals surface area contributed by atoms with E-state index in [4.69, 9.17) is 4.74 Å². The summed E-state index contributed by atoms with van der Waals surface area (Å²) in [6, 6.07) is 3.00. The smallest absolute Gasteiger partial charge is 0.165 e. The molecule has 78 valence electrons. The van der Waals surface area contributed by atoms with Gasteiger partial charge in [-0.05, 0) is 26.0 Å². The normalized spacial score (nSPS) is 12.5. The summed E-state index contributed by atoms with van der Waals surface area (Å²) in [5.41, 5.74) is 0. The van der Waals surface area contributed by atoms with Gasteiger partial charge in [-0.1, -0.05) is 0 Å². The van der Waals surface area contributed by atoms with Crippen molar-refractivity contribution in [2.75, 3.05) is 18.5 Å². The van der Waals surface area contributed by atoms with E-state index in [9.17, 15) is 4.39 Å². The molecule has 0 fully saturated rings. The fourth-order valence-electron chi connectivity index (χ4n) is 1.06. The van der Waals surface area contributed by atoms with Crippen molar-refractivity contribution in [2.24, 2.45) is 0 Å². The molecule has 1 aromatic rings. The van der Waals surface area contributed by atoms with Crippen LogP contribution in [-0.2, 0) is 4.74 Å². The summed E-state index contributed by atoms with van der Waals surface area (Å²) in [5, 5.41) is 2.93. The fraction of sp³-hybridized carbons (Fsp3) is 0.500. The molecule has 0 aliphatic rings. The third-order valence-corrected chi connectivity index (χ3v) is 1.71. The highest BCUT2D eigenvalue weighted by atomic mass is 19.1. The average molecular weight is 198 g/mol. The third-order valence-electron chi connectivity index (χ3n) is 1.71. The van der Waals surface area contributed by atoms with Crippen molar-refractivity contribution in [3.63, 3.8) is 0 Å². The number of aromatic nitrogens is 1. The summed E-state index contributed by atoms with van der Waals surface area (Å²) in [5.74, 6) is -0.0597. The van der Waals surface area contributed by atoms with Crippen LogP contribution in [0.1, 0.15) is 13.8 Å². The second kappa shape index (κ2) is 5.54. The van der Waals surface area contributed by atoms with Crippen LogP contribution < -0.4 is 5.32 Å². The number of hydrogen-bond acceptors (Lipinski definition) is 3. The van der Waals surface area contributed by atoms with E-state index < -0.39 is 0 Å². The Labute approximate surface area is 83.3 Å². The van der Waals surface area contributed by atoms with Crippen molar-refractivity contribution < 1.29 is 9.13 Å². The molecule has 0 spiro atoms. The first kappa shape index (κ1) is 10.9. The van der Waals surface area contributed by atoms with Crippen molar-refractivity contribution in [3.05, 3.63) is 24.1 Å². The van der Waals surface area contributed by atoms with E-state index in [1.165, 1.54) is 6.07 Å². The summed E-state index contributed by atoms with van der Waals surface area (Å²) < 4.78 is 18.3. The summed E-state index contributed by atoms with van der Waals surface area (Å²) in [6.45, 7) is 5.06. The Kier molecular flexibility index (Phi) is 4.32. The van der Waals surface area contributed by atoms with Crippen LogP contribution in [0.15, 0.2) is 18.3 Å². The number of pyridine rings is 1. The highest BCUT2D eigenvalue weighted by Gasteiger charge is 2.06. The lowest BCUT2D eigenvalue weighted by molar-refractivity contribution is 0.141. The Hall–Kier alpha value is -1.16. The van der Waals surface area contributed by atoms with Crippen LogP contribution in [0.3, 0.4) is 0 Å². The van der Waals surface area contributed by atoms with Crippen molar-refractivity contribution in [1.29, 1.82) is 0 Å². The van der Waals surface area contributed by atoms with Gasteiger partial charge >= 0.3 is 0 Å². The first-order valence-corrected chi connectivity index (χ1v) is 4.68. The molecule has 0 aliphatic heterocycles. The van der Waals surface area contributed by atoms with Crippen LogP contribution in [-0.4, -0.2) is 24.2 Å². The lowest BCUT2D eigenvalue weighted by Gasteiger charge is -2.14. The molecule has 0 amide bonds. The molecular formula is C10H15FN2O. The van der Waals surface area contributed by atoms with Gasteiger partial charge in [0.1, 0.15) is 0 Å². The van der Waals surface area contributed by atoms with E-state index in [0.717, 1.165) is 0 Å². The molecule has 0 radical (unpaired) electrons. The number of rotatable bonds is 5. The van der Waals surface area contributed by atoms with Crippen molar-refractivity contribution in [2.45, 2.75) is 19.9 Å². The molecule has 0 saturated heterocycles. The maximum Gasteiger partial charge on any atom is 0.165 e. The first-order valence-electron chi connectivity index (χ1n) is 4.68. The maximum atomic E-state index is 13.1. The Morgan fingerprint density at radius 3 is 3.07 bits per heavy atom. The van der Waals surface area contributed by atoms with Gasteiger partial charge in [-0.2, -0.15) is 0 Å². The highest BCUT2D eigenvalue weighted by molar-refractivity contribution is 5.36. The Morgan fingerprint density at radius 1 is 1.64 bits per heavy atom. The average Bonchev–Trinajstić information content (AvgIpc) is 2.18. The largest absolute Gasteiger partial charge is 0.380 e. The van der Waals surface area contributed by atoms with Gasteiger partial charge in [-0.3, -0.25) is 0 Å². The molecule has 0 aromatic carbocycles. The predicted molar refractivity (Wildman–Crippen MR) is 53.8 cm³/mol. The molecule has 14 heavy (non-hydrogen) atoms. The van der Waals surface area contributed by atoms with Gasteiger partial charge < -0.3 is 10.1 Å². The Balaban J connectivity index is 2.47. The zero-order valence-electron chi connectivity index (χ0n) is 8.46. The second-order valence-corrected chi connectivity index (χ2v) is 3.04. The van der Waals surface area contributed by atoms with Gasteiger partial charge in [0.25, 0.3) is 0 Å². The zero-order chi connectivity index (χ0) is 10.4. The number of hydrogen-bond donors (Lipinski definition) is 1. The van der Waals surface area contributed by atoms with E-state index >= 15 is 0 Å². The van der Waals surface area contributed by atoms with Crippen molar-refractivity contribution in [1.82, 2.24) is 4.98 Å². The minimum absolute atomic E-state index is 0.0550. The molecule has 1 N–H and O–H groups in total. The SMILES string of the molecule is CCOCC(C)Nc1ncccc1F. The summed E-state index contributed by atoms with van der Waals surface area (Å²) in [4.78, 5) is 3.88. The van der Waals surface area contributed by atoms with Gasteiger partial charge in [-0.15, -0.1) is 0 Å². The van der Waals surface area contributed by atoms with Crippen LogP contribution in [0.2, 0.25) is 0 Å². The lowest BCUT2D eigenvalue weighted by atomic mass is 10.3. The van der Waals surface area contributed by atoms with Gasteiger partial charge in [0, 0.05) is 18.8 Å². The van der Waals surface area contributed by atoms with E-state index in [2.05, 4.69) is 10.3 Å². The lowest BCUT2D eigenvalue weighted by Crippen LogP contribution is -2.22. The standard InChI is InChI=1S/C10H15FN2O/c1-3-14-7-8(2)13-10-9(11)5-4-6-12-10/h4-6,8H,3,7H2,1-2H3,(H,12,13). The quantitative estimate of drug-likeness (QED) is 0.786. The molecule has 0 aliphatic carbocycles. The van der Waals surface area contributed by atoms with Crippen LogP contribution in [0, 0.1) is 5.82 Å². The molecule has 1 atom stereocenters. The molecule has 1 aromatic heterocycles. The number of anilines is 1. The van der Waals surface area contributed by atoms with Gasteiger partial charge in [0.05, 0.1) is 6.61 Å². The van der Waals surface area contributed by atoms with E-state index in [1.807, 2.05) is 13.8 Å². The number of halogens is 1. The summed E-state index contributed by atoms with van der Waals surface area (Å²) >= 11 is 0. The minimum Gasteiger partial charge on any atom is -0.380 e. The zero-order valence-corrected chi connectivity index (χ0v) is 8.46. The maximum absolute atomic E-state index is 13.1. The first-order chi connectivity index (χ1) is 6.74. The minimum atomic E-state index is -0.337. The third kappa shape index (κ3) is 3.30. The van der Waals surface area contributed by atoms with Crippen LogP contribution in [0.25, 0.3) is 0 Å². The van der Waals surface area contributed by atoms with Gasteiger partial charge in [0.15, 0.2) is 11.6 Å². The molecular weight excluding hydrogens is 183 g/mol. The molecule has 1 unspecified atom stereocenters. The molecule has 1 rings (SSSR count). The molecule has 4 heteroatoms. The van der Waals surface area contributed by atoms with E-state index in [1.54, 1.807) is 12.3 Å². The van der Waals surface area contributed by atoms with Crippen LogP contribution in [0.5, 0.6) is 0 Å². The highest BCUT2D eigenvalue weighted by Crippen LogP contribution is 2.09. The monoisotopic (exact) mass is 198 g/mol. The van der Waals surface area contributed by atoms with Crippen molar-refractivity contribution >= 4 is 5.82 Å². The summed E-state index contributed by atoms with van der Waals surface area (Å²) in [6.07, 6.45) is 1.55.